The van der Waals surface area contributed by atoms with Crippen LogP contribution in [0.2, 0.25) is 0 Å². The van der Waals surface area contributed by atoms with E-state index in [1.807, 2.05) is 24.3 Å². The first-order valence-electron chi connectivity index (χ1n) is 12.7. The van der Waals surface area contributed by atoms with Gasteiger partial charge < -0.3 is 24.3 Å². The second-order valence-corrected chi connectivity index (χ2v) is 9.40. The van der Waals surface area contributed by atoms with Crippen LogP contribution in [-0.4, -0.2) is 38.1 Å². The van der Waals surface area contributed by atoms with Crippen molar-refractivity contribution in [3.63, 3.8) is 0 Å². The minimum Gasteiger partial charge on any atom is -0.493 e. The molecule has 0 radical (unpaired) electrons. The van der Waals surface area contributed by atoms with Gasteiger partial charge in [-0.3, -0.25) is 4.79 Å². The number of halogens is 3. The number of pyridine rings is 1. The van der Waals surface area contributed by atoms with Crippen LogP contribution in [0.3, 0.4) is 0 Å². The monoisotopic (exact) mass is 544 g/mol. The second kappa shape index (κ2) is 12.7. The van der Waals surface area contributed by atoms with E-state index in [1.165, 1.54) is 25.3 Å². The molecule has 0 spiro atoms. The van der Waals surface area contributed by atoms with Crippen molar-refractivity contribution in [3.05, 3.63) is 66.4 Å². The fourth-order valence-electron chi connectivity index (χ4n) is 4.62. The molecule has 10 heteroatoms. The van der Waals surface area contributed by atoms with Gasteiger partial charge in [-0.05, 0) is 79.1 Å². The molecule has 1 heterocycles. The molecule has 4 rings (SSSR count). The number of rotatable bonds is 10. The summed E-state index contributed by atoms with van der Waals surface area (Å²) in [5.41, 5.74) is 2.39. The number of carbonyl (C=O) groups is 1. The third-order valence-corrected chi connectivity index (χ3v) is 6.72. The quantitative estimate of drug-likeness (QED) is 0.287. The van der Waals surface area contributed by atoms with Crippen molar-refractivity contribution in [2.24, 2.45) is 11.8 Å². The van der Waals surface area contributed by atoms with E-state index in [1.54, 1.807) is 25.4 Å². The van der Waals surface area contributed by atoms with E-state index in [0.717, 1.165) is 36.8 Å². The van der Waals surface area contributed by atoms with Crippen molar-refractivity contribution in [2.75, 3.05) is 26.1 Å². The van der Waals surface area contributed by atoms with Crippen LogP contribution < -0.4 is 19.5 Å². The number of carbonyl (C=O) groups excluding carboxylic acids is 1. The Bertz CT molecular complexity index is 1240. The van der Waals surface area contributed by atoms with Crippen LogP contribution in [0.15, 0.2) is 60.8 Å². The number of aromatic nitrogens is 1. The van der Waals surface area contributed by atoms with Crippen LogP contribution in [0, 0.1) is 11.8 Å². The van der Waals surface area contributed by atoms with Crippen molar-refractivity contribution < 1.29 is 36.9 Å². The lowest BCUT2D eigenvalue weighted by Gasteiger charge is -2.27. The van der Waals surface area contributed by atoms with E-state index in [-0.39, 0.29) is 24.2 Å². The number of hydrogen-bond donors (Lipinski definition) is 1. The Balaban J connectivity index is 1.35. The third-order valence-electron chi connectivity index (χ3n) is 6.72. The van der Waals surface area contributed by atoms with Gasteiger partial charge in [0.25, 0.3) is 0 Å². The summed E-state index contributed by atoms with van der Waals surface area (Å²) in [5, 5.41) is 3.11. The highest BCUT2D eigenvalue weighted by Gasteiger charge is 2.31. The van der Waals surface area contributed by atoms with Crippen molar-refractivity contribution in [1.82, 2.24) is 4.98 Å². The molecule has 0 unspecified atom stereocenters. The van der Waals surface area contributed by atoms with Gasteiger partial charge in [0.15, 0.2) is 11.5 Å². The zero-order valence-electron chi connectivity index (χ0n) is 21.8. The summed E-state index contributed by atoms with van der Waals surface area (Å²) in [6, 6.07) is 15.2. The van der Waals surface area contributed by atoms with Gasteiger partial charge in [-0.15, -0.1) is 13.2 Å². The lowest BCUT2D eigenvalue weighted by atomic mass is 9.82. The van der Waals surface area contributed by atoms with E-state index >= 15 is 0 Å². The summed E-state index contributed by atoms with van der Waals surface area (Å²) >= 11 is 0. The molecule has 39 heavy (non-hydrogen) atoms. The van der Waals surface area contributed by atoms with Gasteiger partial charge in [-0.2, -0.15) is 0 Å². The van der Waals surface area contributed by atoms with Crippen LogP contribution in [0.5, 0.6) is 17.2 Å². The predicted molar refractivity (Wildman–Crippen MR) is 140 cm³/mol. The van der Waals surface area contributed by atoms with E-state index in [2.05, 4.69) is 15.0 Å². The Morgan fingerprint density at radius 1 is 0.974 bits per heavy atom. The number of nitrogens with one attached hydrogen (secondary N) is 1. The summed E-state index contributed by atoms with van der Waals surface area (Å²) in [6.07, 6.45) is 0.388. The maximum atomic E-state index is 12.5. The van der Waals surface area contributed by atoms with Gasteiger partial charge in [0, 0.05) is 18.3 Å². The lowest BCUT2D eigenvalue weighted by Crippen LogP contribution is -2.25. The highest BCUT2D eigenvalue weighted by Crippen LogP contribution is 2.35. The highest BCUT2D eigenvalue weighted by molar-refractivity contribution is 5.72. The van der Waals surface area contributed by atoms with Crippen molar-refractivity contribution in [2.45, 2.75) is 38.6 Å². The standard InChI is InChI=1S/C29H31F3N2O5/c1-36-25-12-10-22(15-26(25)38-18-19-6-8-21(9-7-19)28(35)37-2)23-11-13-27(34-17-23)33-16-20-4-3-5-24(14-20)39-29(30,31)32/h3-5,10-15,17,19,21H,6-9,16,18H2,1-2H3,(H,33,34)/t19-,21-. The molecule has 1 aliphatic rings. The topological polar surface area (TPSA) is 78.9 Å². The van der Waals surface area contributed by atoms with E-state index in [9.17, 15) is 18.0 Å². The van der Waals surface area contributed by atoms with Gasteiger partial charge >= 0.3 is 12.3 Å². The number of esters is 1. The minimum atomic E-state index is -4.74. The Hall–Kier alpha value is -3.95. The normalized spacial score (nSPS) is 17.3. The number of methoxy groups -OCH3 is 2. The molecule has 0 aliphatic heterocycles. The summed E-state index contributed by atoms with van der Waals surface area (Å²) in [7, 11) is 3.02. The van der Waals surface area contributed by atoms with E-state index in [0.29, 0.717) is 35.4 Å². The Morgan fingerprint density at radius 2 is 1.74 bits per heavy atom. The largest absolute Gasteiger partial charge is 0.573 e. The molecule has 0 atom stereocenters. The molecule has 1 saturated carbocycles. The Labute approximate surface area is 225 Å². The zero-order valence-corrected chi connectivity index (χ0v) is 21.8. The number of hydrogen-bond acceptors (Lipinski definition) is 7. The van der Waals surface area contributed by atoms with Crippen LogP contribution in [0.1, 0.15) is 31.2 Å². The minimum absolute atomic E-state index is 0.0253. The highest BCUT2D eigenvalue weighted by atomic mass is 19.4. The molecule has 2 aromatic carbocycles. The smallest absolute Gasteiger partial charge is 0.493 e. The first-order chi connectivity index (χ1) is 18.7. The van der Waals surface area contributed by atoms with Crippen molar-refractivity contribution in [3.8, 4) is 28.4 Å². The van der Waals surface area contributed by atoms with Gasteiger partial charge in [0.05, 0.1) is 26.7 Å². The van der Waals surface area contributed by atoms with Gasteiger partial charge in [0.2, 0.25) is 0 Å². The SMILES string of the molecule is COc1ccc(-c2ccc(NCc3cccc(OC(F)(F)F)c3)nc2)cc1OC[C@H]1CC[C@H](C(=O)OC)CC1. The predicted octanol–water partition coefficient (Wildman–Crippen LogP) is 6.63. The molecular formula is C29H31F3N2O5. The van der Waals surface area contributed by atoms with Gasteiger partial charge in [-0.1, -0.05) is 18.2 Å². The number of ether oxygens (including phenoxy) is 4. The third kappa shape index (κ3) is 8.02. The molecule has 3 aromatic rings. The molecule has 1 aromatic heterocycles. The first-order valence-corrected chi connectivity index (χ1v) is 12.7. The average Bonchev–Trinajstić information content (AvgIpc) is 2.94. The number of benzene rings is 2. The molecule has 0 bridgehead atoms. The summed E-state index contributed by atoms with van der Waals surface area (Å²) in [5.74, 6) is 1.76. The molecule has 208 valence electrons. The molecule has 0 saturated heterocycles. The van der Waals surface area contributed by atoms with Crippen LogP contribution in [-0.2, 0) is 16.1 Å². The first kappa shape index (κ1) is 28.1. The van der Waals surface area contributed by atoms with Crippen molar-refractivity contribution >= 4 is 11.8 Å². The Morgan fingerprint density at radius 3 is 2.41 bits per heavy atom. The Kier molecular flexibility index (Phi) is 9.16. The number of alkyl halides is 3. The fraction of sp³-hybridized carbons (Fsp3) is 0.379. The maximum Gasteiger partial charge on any atom is 0.573 e. The molecular weight excluding hydrogens is 513 g/mol. The summed E-state index contributed by atoms with van der Waals surface area (Å²) in [4.78, 5) is 16.2. The van der Waals surface area contributed by atoms with Crippen LogP contribution in [0.4, 0.5) is 19.0 Å². The second-order valence-electron chi connectivity index (χ2n) is 9.40. The summed E-state index contributed by atoms with van der Waals surface area (Å²) in [6.45, 7) is 0.813. The maximum absolute atomic E-state index is 12.5. The van der Waals surface area contributed by atoms with Crippen molar-refractivity contribution in [1.29, 1.82) is 0 Å². The van der Waals surface area contributed by atoms with Gasteiger partial charge in [0.1, 0.15) is 11.6 Å². The van der Waals surface area contributed by atoms with Crippen LogP contribution >= 0.6 is 0 Å². The molecule has 7 nitrogen and oxygen atoms in total. The average molecular weight is 545 g/mol. The van der Waals surface area contributed by atoms with Gasteiger partial charge in [-0.25, -0.2) is 4.98 Å². The molecule has 1 N–H and O–H groups in total. The van der Waals surface area contributed by atoms with E-state index in [4.69, 9.17) is 14.2 Å². The number of nitrogens with zero attached hydrogens (tertiary/aromatic N) is 1. The zero-order chi connectivity index (χ0) is 27.8. The fourth-order valence-corrected chi connectivity index (χ4v) is 4.62. The molecule has 1 aliphatic carbocycles. The lowest BCUT2D eigenvalue weighted by molar-refractivity contribution is -0.274. The van der Waals surface area contributed by atoms with Crippen LogP contribution in [0.25, 0.3) is 11.1 Å². The number of anilines is 1. The molecule has 0 amide bonds. The van der Waals surface area contributed by atoms with E-state index < -0.39 is 6.36 Å². The molecule has 1 fully saturated rings. The summed E-state index contributed by atoms with van der Waals surface area (Å²) < 4.78 is 57.9.